The molecular formula is C17H27BO2S. The van der Waals surface area contributed by atoms with E-state index in [1.54, 1.807) is 0 Å². The summed E-state index contributed by atoms with van der Waals surface area (Å²) in [4.78, 5) is 0. The van der Waals surface area contributed by atoms with E-state index in [1.807, 2.05) is 11.8 Å². The molecular weight excluding hydrogens is 279 g/mol. The molecule has 0 amide bonds. The van der Waals surface area contributed by atoms with Crippen molar-refractivity contribution in [3.63, 3.8) is 0 Å². The van der Waals surface area contributed by atoms with Gasteiger partial charge in [0.1, 0.15) is 0 Å². The number of thioether (sulfide) groups is 1. The largest absolute Gasteiger partial charge is 0.494 e. The second-order valence-electron chi connectivity index (χ2n) is 6.78. The van der Waals surface area contributed by atoms with Crippen molar-refractivity contribution in [1.82, 2.24) is 0 Å². The van der Waals surface area contributed by atoms with Crippen LogP contribution in [0.5, 0.6) is 0 Å². The van der Waals surface area contributed by atoms with Crippen LogP contribution in [0.25, 0.3) is 0 Å². The van der Waals surface area contributed by atoms with Gasteiger partial charge in [0.15, 0.2) is 0 Å². The van der Waals surface area contributed by atoms with E-state index >= 15 is 0 Å². The summed E-state index contributed by atoms with van der Waals surface area (Å²) in [5.74, 6) is 1.26. The van der Waals surface area contributed by atoms with Crippen molar-refractivity contribution in [3.8, 4) is 0 Å². The predicted molar refractivity (Wildman–Crippen MR) is 93.5 cm³/mol. The summed E-state index contributed by atoms with van der Waals surface area (Å²) >= 11 is 1.92. The molecule has 1 aromatic carbocycles. The first kappa shape index (κ1) is 16.9. The zero-order valence-corrected chi connectivity index (χ0v) is 14.8. The lowest BCUT2D eigenvalue weighted by Crippen LogP contribution is -2.41. The number of hydrogen-bond donors (Lipinski definition) is 0. The molecule has 1 aliphatic heterocycles. The number of rotatable bonds is 6. The number of unbranched alkanes of at least 4 members (excludes halogenated alkanes) is 1. The Labute approximate surface area is 134 Å². The molecule has 1 fully saturated rings. The third-order valence-corrected chi connectivity index (χ3v) is 5.27. The van der Waals surface area contributed by atoms with Gasteiger partial charge in [-0.1, -0.05) is 24.3 Å². The van der Waals surface area contributed by atoms with Gasteiger partial charge in [-0.3, -0.25) is 0 Å². The van der Waals surface area contributed by atoms with E-state index in [0.717, 1.165) is 11.9 Å². The Hall–Kier alpha value is -0.445. The summed E-state index contributed by atoms with van der Waals surface area (Å²) < 4.78 is 12.2. The van der Waals surface area contributed by atoms with Crippen molar-refractivity contribution >= 4 is 24.3 Å². The van der Waals surface area contributed by atoms with Crippen LogP contribution < -0.4 is 5.46 Å². The number of benzene rings is 1. The van der Waals surface area contributed by atoms with Crippen molar-refractivity contribution in [3.05, 3.63) is 29.8 Å². The van der Waals surface area contributed by atoms with Crippen molar-refractivity contribution in [2.75, 3.05) is 12.0 Å². The molecule has 1 heterocycles. The summed E-state index contributed by atoms with van der Waals surface area (Å²) in [6.07, 6.45) is 5.88. The molecule has 0 bridgehead atoms. The smallest absolute Gasteiger partial charge is 0.399 e. The summed E-state index contributed by atoms with van der Waals surface area (Å²) in [5.41, 5.74) is 1.97. The van der Waals surface area contributed by atoms with Crippen LogP contribution in [0, 0.1) is 0 Å². The van der Waals surface area contributed by atoms with Gasteiger partial charge in [0.05, 0.1) is 11.2 Å². The monoisotopic (exact) mass is 306 g/mol. The lowest BCUT2D eigenvalue weighted by Gasteiger charge is -2.32. The maximum atomic E-state index is 6.08. The lowest BCUT2D eigenvalue weighted by molar-refractivity contribution is 0.00578. The van der Waals surface area contributed by atoms with Crippen LogP contribution in [-0.4, -0.2) is 30.3 Å². The van der Waals surface area contributed by atoms with Crippen molar-refractivity contribution in [1.29, 1.82) is 0 Å². The normalized spacial score (nSPS) is 20.0. The first-order valence-corrected chi connectivity index (χ1v) is 9.18. The highest BCUT2D eigenvalue weighted by Crippen LogP contribution is 2.36. The number of hydrogen-bond acceptors (Lipinski definition) is 3. The second kappa shape index (κ2) is 6.76. The van der Waals surface area contributed by atoms with Gasteiger partial charge in [-0.15, -0.1) is 0 Å². The van der Waals surface area contributed by atoms with Gasteiger partial charge in [-0.05, 0) is 70.0 Å². The van der Waals surface area contributed by atoms with E-state index in [9.17, 15) is 0 Å². The zero-order valence-electron chi connectivity index (χ0n) is 13.9. The standard InChI is InChI=1S/C17H27BO2S/c1-16(2)17(3,4)20-18(19-16)15-11-9-14(10-12-15)8-6-7-13-21-5/h9-12H,6-8,13H2,1-5H3. The average Bonchev–Trinajstić information content (AvgIpc) is 2.64. The highest BCUT2D eigenvalue weighted by atomic mass is 32.2. The molecule has 0 radical (unpaired) electrons. The van der Waals surface area contributed by atoms with Crippen molar-refractivity contribution in [2.45, 2.75) is 58.2 Å². The maximum absolute atomic E-state index is 6.08. The van der Waals surface area contributed by atoms with Crippen molar-refractivity contribution in [2.24, 2.45) is 0 Å². The topological polar surface area (TPSA) is 18.5 Å². The Bertz CT molecular complexity index is 440. The Morgan fingerprint density at radius 1 is 0.952 bits per heavy atom. The van der Waals surface area contributed by atoms with Crippen LogP contribution in [0.4, 0.5) is 0 Å². The van der Waals surface area contributed by atoms with Gasteiger partial charge >= 0.3 is 7.12 Å². The Morgan fingerprint density at radius 3 is 2.05 bits per heavy atom. The molecule has 0 saturated carbocycles. The molecule has 0 aromatic heterocycles. The summed E-state index contributed by atoms with van der Waals surface area (Å²) in [6, 6.07) is 8.71. The highest BCUT2D eigenvalue weighted by Gasteiger charge is 2.51. The minimum atomic E-state index is -0.270. The molecule has 0 aliphatic carbocycles. The Balaban J connectivity index is 1.94. The van der Waals surface area contributed by atoms with Crippen LogP contribution >= 0.6 is 11.8 Å². The maximum Gasteiger partial charge on any atom is 0.494 e. The molecule has 21 heavy (non-hydrogen) atoms. The van der Waals surface area contributed by atoms with E-state index in [1.165, 1.54) is 24.2 Å². The molecule has 2 rings (SSSR count). The second-order valence-corrected chi connectivity index (χ2v) is 7.77. The summed E-state index contributed by atoms with van der Waals surface area (Å²) in [7, 11) is -0.249. The van der Waals surface area contributed by atoms with E-state index < -0.39 is 0 Å². The van der Waals surface area contributed by atoms with E-state index in [-0.39, 0.29) is 18.3 Å². The molecule has 1 aromatic rings. The molecule has 0 atom stereocenters. The molecule has 2 nitrogen and oxygen atoms in total. The third kappa shape index (κ3) is 4.05. The summed E-state index contributed by atoms with van der Waals surface area (Å²) in [5, 5.41) is 0. The first-order valence-electron chi connectivity index (χ1n) is 7.79. The van der Waals surface area contributed by atoms with Gasteiger partial charge < -0.3 is 9.31 Å². The molecule has 1 aliphatic rings. The molecule has 0 N–H and O–H groups in total. The fourth-order valence-corrected chi connectivity index (χ4v) is 2.89. The van der Waals surface area contributed by atoms with Crippen molar-refractivity contribution < 1.29 is 9.31 Å². The van der Waals surface area contributed by atoms with E-state index in [0.29, 0.717) is 0 Å². The predicted octanol–water partition coefficient (Wildman–Crippen LogP) is 3.67. The van der Waals surface area contributed by atoms with Gasteiger partial charge in [0.25, 0.3) is 0 Å². The minimum Gasteiger partial charge on any atom is -0.399 e. The van der Waals surface area contributed by atoms with Gasteiger partial charge in [-0.2, -0.15) is 11.8 Å². The van der Waals surface area contributed by atoms with Crippen LogP contribution in [0.1, 0.15) is 46.1 Å². The summed E-state index contributed by atoms with van der Waals surface area (Å²) in [6.45, 7) is 8.36. The molecule has 0 unspecified atom stereocenters. The Morgan fingerprint density at radius 2 is 1.52 bits per heavy atom. The molecule has 4 heteroatoms. The van der Waals surface area contributed by atoms with Crippen LogP contribution in [0.3, 0.4) is 0 Å². The number of aryl methyl sites for hydroxylation is 1. The quantitative estimate of drug-likeness (QED) is 0.590. The van der Waals surface area contributed by atoms with Crippen LogP contribution in [0.15, 0.2) is 24.3 Å². The van der Waals surface area contributed by atoms with E-state index in [4.69, 9.17) is 9.31 Å². The highest BCUT2D eigenvalue weighted by molar-refractivity contribution is 7.98. The van der Waals surface area contributed by atoms with Gasteiger partial charge in [0, 0.05) is 0 Å². The zero-order chi connectivity index (χ0) is 15.5. The SMILES string of the molecule is CSCCCCc1ccc(B2OC(C)(C)C(C)(C)O2)cc1. The van der Waals surface area contributed by atoms with E-state index in [2.05, 4.69) is 58.2 Å². The molecule has 116 valence electrons. The Kier molecular flexibility index (Phi) is 5.45. The lowest BCUT2D eigenvalue weighted by atomic mass is 9.78. The van der Waals surface area contributed by atoms with Gasteiger partial charge in [-0.25, -0.2) is 0 Å². The van der Waals surface area contributed by atoms with Crippen LogP contribution in [0.2, 0.25) is 0 Å². The average molecular weight is 306 g/mol. The first-order chi connectivity index (χ1) is 9.86. The van der Waals surface area contributed by atoms with Crippen LogP contribution in [-0.2, 0) is 15.7 Å². The minimum absolute atomic E-state index is 0.249. The molecule has 1 saturated heterocycles. The van der Waals surface area contributed by atoms with Gasteiger partial charge in [0.2, 0.25) is 0 Å². The fraction of sp³-hybridized carbons (Fsp3) is 0.647. The third-order valence-electron chi connectivity index (χ3n) is 4.57. The fourth-order valence-electron chi connectivity index (χ4n) is 2.40. The molecule has 0 spiro atoms.